The van der Waals surface area contributed by atoms with E-state index < -0.39 is 0 Å². The van der Waals surface area contributed by atoms with Crippen LogP contribution in [-0.4, -0.2) is 40.9 Å². The van der Waals surface area contributed by atoms with E-state index in [-0.39, 0.29) is 0 Å². The Bertz CT molecular complexity index is 155. The van der Waals surface area contributed by atoms with E-state index in [0.29, 0.717) is 0 Å². The van der Waals surface area contributed by atoms with Crippen LogP contribution < -0.4 is 0 Å². The van der Waals surface area contributed by atoms with Gasteiger partial charge in [0.1, 0.15) is 0 Å². The summed E-state index contributed by atoms with van der Waals surface area (Å²) in [4.78, 5) is 2.72. The fourth-order valence-corrected chi connectivity index (χ4v) is 3.29. The molecule has 0 saturated carbocycles. The molecule has 0 spiro atoms. The highest BCUT2D eigenvalue weighted by molar-refractivity contribution is 9.09. The first-order valence-electron chi connectivity index (χ1n) is 6.26. The molecule has 0 N–H and O–H groups in total. The van der Waals surface area contributed by atoms with Crippen molar-refractivity contribution in [1.29, 1.82) is 0 Å². The van der Waals surface area contributed by atoms with E-state index in [4.69, 9.17) is 0 Å². The summed E-state index contributed by atoms with van der Waals surface area (Å²) in [5.74, 6) is 2.62. The summed E-state index contributed by atoms with van der Waals surface area (Å²) in [5.41, 5.74) is 0. The molecule has 90 valence electrons. The molecule has 0 aliphatic carbocycles. The number of nitrogens with zero attached hydrogens (tertiary/aromatic N) is 1. The van der Waals surface area contributed by atoms with Gasteiger partial charge in [0.15, 0.2) is 0 Å². The zero-order valence-electron chi connectivity index (χ0n) is 9.88. The molecular weight excluding hydrogens is 270 g/mol. The normalized spacial score (nSPS) is 22.4. The molecule has 1 aliphatic heterocycles. The molecule has 0 aromatic heterocycles. The predicted octanol–water partition coefficient (Wildman–Crippen LogP) is 3.77. The van der Waals surface area contributed by atoms with Gasteiger partial charge in [0.25, 0.3) is 0 Å². The largest absolute Gasteiger partial charge is 0.300 e. The predicted molar refractivity (Wildman–Crippen MR) is 75.2 cm³/mol. The van der Waals surface area contributed by atoms with Crippen LogP contribution in [0.4, 0.5) is 0 Å². The quantitative estimate of drug-likeness (QED) is 0.495. The van der Waals surface area contributed by atoms with Crippen LogP contribution in [0.3, 0.4) is 0 Å². The third kappa shape index (κ3) is 5.60. The van der Waals surface area contributed by atoms with Crippen molar-refractivity contribution < 1.29 is 0 Å². The SMILES string of the molecule is CCSCCCN1CCCC1CCCBr. The number of rotatable bonds is 8. The molecule has 3 heteroatoms. The van der Waals surface area contributed by atoms with Gasteiger partial charge < -0.3 is 4.90 Å². The number of likely N-dealkylation sites (tertiary alicyclic amines) is 1. The Morgan fingerprint density at radius 3 is 3.00 bits per heavy atom. The maximum absolute atomic E-state index is 3.53. The lowest BCUT2D eigenvalue weighted by Crippen LogP contribution is -2.30. The van der Waals surface area contributed by atoms with Gasteiger partial charge in [0.2, 0.25) is 0 Å². The highest BCUT2D eigenvalue weighted by Gasteiger charge is 2.22. The Balaban J connectivity index is 2.09. The molecule has 1 atom stereocenters. The van der Waals surface area contributed by atoms with Crippen molar-refractivity contribution in [3.05, 3.63) is 0 Å². The van der Waals surface area contributed by atoms with E-state index >= 15 is 0 Å². The standard InChI is InChI=1S/C12H24BrNS/c1-2-15-11-5-10-14-9-4-7-12(14)6-3-8-13/h12H,2-11H2,1H3. The van der Waals surface area contributed by atoms with Gasteiger partial charge >= 0.3 is 0 Å². The van der Waals surface area contributed by atoms with Crippen LogP contribution >= 0.6 is 27.7 Å². The molecule has 15 heavy (non-hydrogen) atoms. The highest BCUT2D eigenvalue weighted by atomic mass is 79.9. The van der Waals surface area contributed by atoms with E-state index in [0.717, 1.165) is 6.04 Å². The Kier molecular flexibility index (Phi) is 8.21. The number of hydrogen-bond acceptors (Lipinski definition) is 2. The third-order valence-corrected chi connectivity index (χ3v) is 4.65. The second-order valence-electron chi connectivity index (χ2n) is 4.21. The van der Waals surface area contributed by atoms with Crippen LogP contribution in [0.25, 0.3) is 0 Å². The van der Waals surface area contributed by atoms with Crippen LogP contribution in [0.5, 0.6) is 0 Å². The van der Waals surface area contributed by atoms with E-state index in [1.165, 1.54) is 62.0 Å². The van der Waals surface area contributed by atoms with Crippen LogP contribution in [0.2, 0.25) is 0 Å². The summed E-state index contributed by atoms with van der Waals surface area (Å²) in [7, 11) is 0. The van der Waals surface area contributed by atoms with Crippen LogP contribution in [0, 0.1) is 0 Å². The summed E-state index contributed by atoms with van der Waals surface area (Å²) in [6.07, 6.45) is 6.97. The maximum atomic E-state index is 3.53. The van der Waals surface area contributed by atoms with Crippen molar-refractivity contribution >= 4 is 27.7 Å². The molecule has 0 radical (unpaired) electrons. The zero-order chi connectivity index (χ0) is 10.9. The van der Waals surface area contributed by atoms with E-state index in [1.54, 1.807) is 0 Å². The van der Waals surface area contributed by atoms with Gasteiger partial charge in [-0.3, -0.25) is 0 Å². The Morgan fingerprint density at radius 1 is 1.40 bits per heavy atom. The zero-order valence-corrected chi connectivity index (χ0v) is 12.3. The van der Waals surface area contributed by atoms with Crippen LogP contribution in [-0.2, 0) is 0 Å². The minimum Gasteiger partial charge on any atom is -0.300 e. The topological polar surface area (TPSA) is 3.24 Å². The van der Waals surface area contributed by atoms with Gasteiger partial charge in [-0.25, -0.2) is 0 Å². The number of hydrogen-bond donors (Lipinski definition) is 0. The third-order valence-electron chi connectivity index (χ3n) is 3.11. The number of alkyl halides is 1. The molecule has 0 aromatic rings. The first-order chi connectivity index (χ1) is 7.38. The number of thioether (sulfide) groups is 1. The average Bonchev–Trinajstić information content (AvgIpc) is 2.69. The molecule has 0 aromatic carbocycles. The van der Waals surface area contributed by atoms with E-state index in [2.05, 4.69) is 39.5 Å². The molecule has 0 bridgehead atoms. The molecule has 1 saturated heterocycles. The summed E-state index contributed by atoms with van der Waals surface area (Å²) in [6.45, 7) is 4.93. The minimum absolute atomic E-state index is 0.897. The molecule has 0 amide bonds. The first kappa shape index (κ1) is 13.9. The van der Waals surface area contributed by atoms with Crippen molar-refractivity contribution in [3.63, 3.8) is 0 Å². The summed E-state index contributed by atoms with van der Waals surface area (Å²) < 4.78 is 0. The molecule has 1 nitrogen and oxygen atoms in total. The van der Waals surface area contributed by atoms with Crippen molar-refractivity contribution in [3.8, 4) is 0 Å². The molecular formula is C12H24BrNS. The minimum atomic E-state index is 0.897. The Labute approximate surface area is 107 Å². The van der Waals surface area contributed by atoms with Crippen molar-refractivity contribution in [2.45, 2.75) is 45.1 Å². The lowest BCUT2D eigenvalue weighted by Gasteiger charge is -2.24. The van der Waals surface area contributed by atoms with Gasteiger partial charge in [0.05, 0.1) is 0 Å². The van der Waals surface area contributed by atoms with Crippen LogP contribution in [0.1, 0.15) is 39.0 Å². The van der Waals surface area contributed by atoms with E-state index in [9.17, 15) is 0 Å². The smallest absolute Gasteiger partial charge is 0.00960 e. The van der Waals surface area contributed by atoms with Crippen molar-refractivity contribution in [2.75, 3.05) is 29.9 Å². The van der Waals surface area contributed by atoms with Gasteiger partial charge in [-0.05, 0) is 56.7 Å². The molecule has 1 unspecified atom stereocenters. The first-order valence-corrected chi connectivity index (χ1v) is 8.54. The monoisotopic (exact) mass is 293 g/mol. The van der Waals surface area contributed by atoms with Crippen LogP contribution in [0.15, 0.2) is 0 Å². The fourth-order valence-electron chi connectivity index (χ4n) is 2.34. The second-order valence-corrected chi connectivity index (χ2v) is 6.40. The lowest BCUT2D eigenvalue weighted by molar-refractivity contribution is 0.243. The second kappa shape index (κ2) is 8.89. The summed E-state index contributed by atoms with van der Waals surface area (Å²) >= 11 is 5.60. The molecule has 1 aliphatic rings. The molecule has 1 rings (SSSR count). The van der Waals surface area contributed by atoms with E-state index in [1.807, 2.05) is 0 Å². The average molecular weight is 294 g/mol. The Morgan fingerprint density at radius 2 is 2.27 bits per heavy atom. The molecule has 1 heterocycles. The van der Waals surface area contributed by atoms with Gasteiger partial charge in [-0.15, -0.1) is 0 Å². The summed E-state index contributed by atoms with van der Waals surface area (Å²) in [6, 6.07) is 0.897. The highest BCUT2D eigenvalue weighted by Crippen LogP contribution is 2.22. The lowest BCUT2D eigenvalue weighted by atomic mass is 10.1. The van der Waals surface area contributed by atoms with Gasteiger partial charge in [-0.2, -0.15) is 11.8 Å². The Hall–Kier alpha value is 0.790. The van der Waals surface area contributed by atoms with Crippen molar-refractivity contribution in [2.24, 2.45) is 0 Å². The number of halogens is 1. The summed E-state index contributed by atoms with van der Waals surface area (Å²) in [5, 5.41) is 1.17. The van der Waals surface area contributed by atoms with Gasteiger partial charge in [-0.1, -0.05) is 22.9 Å². The molecule has 1 fully saturated rings. The maximum Gasteiger partial charge on any atom is 0.00960 e. The van der Waals surface area contributed by atoms with Gasteiger partial charge in [0, 0.05) is 11.4 Å². The fraction of sp³-hybridized carbons (Fsp3) is 1.00. The van der Waals surface area contributed by atoms with Crippen molar-refractivity contribution in [1.82, 2.24) is 4.90 Å².